The van der Waals surface area contributed by atoms with Gasteiger partial charge >= 0.3 is 5.97 Å². The third kappa shape index (κ3) is 1.12. The van der Waals surface area contributed by atoms with E-state index in [-0.39, 0.29) is 5.92 Å². The number of carboxylic acids is 1. The van der Waals surface area contributed by atoms with Crippen LogP contribution in [0.15, 0.2) is 0 Å². The van der Waals surface area contributed by atoms with E-state index in [4.69, 9.17) is 5.11 Å². The highest BCUT2D eigenvalue weighted by atomic mass is 16.4. The minimum atomic E-state index is -0.652. The number of carbonyl (C=O) groups is 1. The van der Waals surface area contributed by atoms with Crippen molar-refractivity contribution in [2.75, 3.05) is 13.1 Å². The first-order chi connectivity index (χ1) is 5.27. The van der Waals surface area contributed by atoms with Crippen LogP contribution in [-0.2, 0) is 4.79 Å². The Kier molecular flexibility index (Phi) is 1.58. The van der Waals surface area contributed by atoms with Gasteiger partial charge in [-0.2, -0.15) is 0 Å². The van der Waals surface area contributed by atoms with Crippen LogP contribution in [0.1, 0.15) is 12.8 Å². The molecule has 4 heteroatoms. The van der Waals surface area contributed by atoms with Crippen molar-refractivity contribution >= 4 is 5.97 Å². The quantitative estimate of drug-likeness (QED) is 0.546. The van der Waals surface area contributed by atoms with Crippen molar-refractivity contribution in [2.24, 2.45) is 5.92 Å². The number of carboxylic acid groups (broad SMARTS) is 1. The molecule has 0 radical (unpaired) electrons. The van der Waals surface area contributed by atoms with Gasteiger partial charge in [-0.25, -0.2) is 5.01 Å². The summed E-state index contributed by atoms with van der Waals surface area (Å²) in [6.45, 7) is 1.69. The van der Waals surface area contributed by atoms with E-state index in [0.29, 0.717) is 12.6 Å². The molecule has 0 aromatic carbocycles. The third-order valence-electron chi connectivity index (χ3n) is 2.56. The van der Waals surface area contributed by atoms with Crippen molar-refractivity contribution in [2.45, 2.75) is 18.9 Å². The molecule has 62 valence electrons. The number of hydrogen-bond acceptors (Lipinski definition) is 3. The highest BCUT2D eigenvalue weighted by molar-refractivity contribution is 5.70. The second-order valence-electron chi connectivity index (χ2n) is 3.27. The number of hydrogen-bond donors (Lipinski definition) is 2. The lowest BCUT2D eigenvalue weighted by atomic mass is 10.0. The van der Waals surface area contributed by atoms with Gasteiger partial charge < -0.3 is 5.11 Å². The van der Waals surface area contributed by atoms with Gasteiger partial charge in [0.2, 0.25) is 0 Å². The summed E-state index contributed by atoms with van der Waals surface area (Å²) in [4.78, 5) is 10.6. The maximum atomic E-state index is 10.6. The lowest BCUT2D eigenvalue weighted by Crippen LogP contribution is -2.33. The second-order valence-corrected chi connectivity index (χ2v) is 3.27. The zero-order chi connectivity index (χ0) is 7.84. The minimum absolute atomic E-state index is 0.146. The number of fused-ring (bicyclic) bond motifs is 1. The molecule has 11 heavy (non-hydrogen) atoms. The second kappa shape index (κ2) is 2.46. The molecule has 2 atom stereocenters. The summed E-state index contributed by atoms with van der Waals surface area (Å²) in [7, 11) is 0. The van der Waals surface area contributed by atoms with Crippen molar-refractivity contribution in [1.29, 1.82) is 0 Å². The molecule has 2 unspecified atom stereocenters. The molecule has 4 nitrogen and oxygen atoms in total. The van der Waals surface area contributed by atoms with Gasteiger partial charge in [0.15, 0.2) is 0 Å². The smallest absolute Gasteiger partial charge is 0.307 e. The fourth-order valence-electron chi connectivity index (χ4n) is 1.94. The van der Waals surface area contributed by atoms with Gasteiger partial charge in [-0.3, -0.25) is 10.2 Å². The van der Waals surface area contributed by atoms with Gasteiger partial charge in [0, 0.05) is 19.1 Å². The van der Waals surface area contributed by atoms with Crippen LogP contribution in [0.4, 0.5) is 0 Å². The largest absolute Gasteiger partial charge is 0.481 e. The number of rotatable bonds is 1. The first-order valence-electron chi connectivity index (χ1n) is 4.00. The Balaban J connectivity index is 1.99. The molecular weight excluding hydrogens is 144 g/mol. The first kappa shape index (κ1) is 7.06. The topological polar surface area (TPSA) is 52.6 Å². The molecular formula is C7H12N2O2. The number of aliphatic carboxylic acids is 1. The molecule has 2 aliphatic rings. The Morgan fingerprint density at radius 3 is 3.09 bits per heavy atom. The van der Waals surface area contributed by atoms with E-state index in [0.717, 1.165) is 19.4 Å². The Bertz CT molecular complexity index is 171. The fourth-order valence-corrected chi connectivity index (χ4v) is 1.94. The van der Waals surface area contributed by atoms with Crippen molar-refractivity contribution in [3.05, 3.63) is 0 Å². The SMILES string of the molecule is O=C(O)C1CC2CCNN2C1. The average molecular weight is 156 g/mol. The summed E-state index contributed by atoms with van der Waals surface area (Å²) in [5.41, 5.74) is 3.17. The Morgan fingerprint density at radius 2 is 2.45 bits per heavy atom. The molecule has 0 aliphatic carbocycles. The molecule has 0 aromatic rings. The van der Waals surface area contributed by atoms with E-state index < -0.39 is 5.97 Å². The van der Waals surface area contributed by atoms with Crippen LogP contribution < -0.4 is 5.43 Å². The van der Waals surface area contributed by atoms with Crippen LogP contribution in [0.3, 0.4) is 0 Å². The number of nitrogens with one attached hydrogen (secondary N) is 1. The molecule has 0 aromatic heterocycles. The standard InChI is InChI=1S/C7H12N2O2/c10-7(11)5-3-6-1-2-8-9(6)4-5/h5-6,8H,1-4H2,(H,10,11). The maximum absolute atomic E-state index is 10.6. The van der Waals surface area contributed by atoms with Crippen molar-refractivity contribution < 1.29 is 9.90 Å². The molecule has 0 spiro atoms. The van der Waals surface area contributed by atoms with Gasteiger partial charge in [-0.15, -0.1) is 0 Å². The van der Waals surface area contributed by atoms with Crippen molar-refractivity contribution in [3.63, 3.8) is 0 Å². The normalized spacial score (nSPS) is 37.5. The van der Waals surface area contributed by atoms with Crippen LogP contribution in [0.2, 0.25) is 0 Å². The molecule has 2 heterocycles. The summed E-state index contributed by atoms with van der Waals surface area (Å²) < 4.78 is 0. The minimum Gasteiger partial charge on any atom is -0.481 e. The van der Waals surface area contributed by atoms with Gasteiger partial charge in [-0.1, -0.05) is 0 Å². The average Bonchev–Trinajstić information content (AvgIpc) is 2.40. The summed E-state index contributed by atoms with van der Waals surface area (Å²) in [5, 5.41) is 10.8. The van der Waals surface area contributed by atoms with Gasteiger partial charge in [0.05, 0.1) is 5.92 Å². The molecule has 2 fully saturated rings. The van der Waals surface area contributed by atoms with Crippen LogP contribution in [0.5, 0.6) is 0 Å². The Hall–Kier alpha value is -0.610. The van der Waals surface area contributed by atoms with Crippen LogP contribution in [0, 0.1) is 5.92 Å². The molecule has 2 N–H and O–H groups in total. The molecule has 0 saturated carbocycles. The Labute approximate surface area is 65.2 Å². The molecule has 0 amide bonds. The first-order valence-corrected chi connectivity index (χ1v) is 4.00. The van der Waals surface area contributed by atoms with Gasteiger partial charge in [0.1, 0.15) is 0 Å². The molecule has 2 rings (SSSR count). The number of hydrazine groups is 1. The van der Waals surface area contributed by atoms with Gasteiger partial charge in [0.25, 0.3) is 0 Å². The van der Waals surface area contributed by atoms with Crippen LogP contribution >= 0.6 is 0 Å². The van der Waals surface area contributed by atoms with E-state index >= 15 is 0 Å². The molecule has 0 bridgehead atoms. The lowest BCUT2D eigenvalue weighted by molar-refractivity contribution is -0.141. The highest BCUT2D eigenvalue weighted by Crippen LogP contribution is 2.26. The molecule has 2 saturated heterocycles. The van der Waals surface area contributed by atoms with E-state index in [1.54, 1.807) is 0 Å². The predicted molar refractivity (Wildman–Crippen MR) is 38.9 cm³/mol. The van der Waals surface area contributed by atoms with E-state index in [9.17, 15) is 4.79 Å². The van der Waals surface area contributed by atoms with Gasteiger partial charge in [-0.05, 0) is 12.8 Å². The van der Waals surface area contributed by atoms with Crippen molar-refractivity contribution in [3.8, 4) is 0 Å². The lowest BCUT2D eigenvalue weighted by Gasteiger charge is -2.12. The van der Waals surface area contributed by atoms with E-state index in [1.807, 2.05) is 0 Å². The maximum Gasteiger partial charge on any atom is 0.307 e. The summed E-state index contributed by atoms with van der Waals surface area (Å²) in [6.07, 6.45) is 1.92. The third-order valence-corrected chi connectivity index (χ3v) is 2.56. The zero-order valence-electron chi connectivity index (χ0n) is 6.29. The predicted octanol–water partition coefficient (Wildman–Crippen LogP) is -0.330. The molecule has 2 aliphatic heterocycles. The summed E-state index contributed by atoms with van der Waals surface area (Å²) in [5.74, 6) is -0.797. The summed E-state index contributed by atoms with van der Waals surface area (Å²) in [6, 6.07) is 0.482. The number of nitrogens with zero attached hydrogens (tertiary/aromatic N) is 1. The monoisotopic (exact) mass is 156 g/mol. The van der Waals surface area contributed by atoms with E-state index in [1.165, 1.54) is 0 Å². The van der Waals surface area contributed by atoms with Crippen molar-refractivity contribution in [1.82, 2.24) is 10.4 Å². The van der Waals surface area contributed by atoms with E-state index in [2.05, 4.69) is 10.4 Å². The summed E-state index contributed by atoms with van der Waals surface area (Å²) >= 11 is 0. The highest BCUT2D eigenvalue weighted by Gasteiger charge is 2.38. The van der Waals surface area contributed by atoms with Crippen LogP contribution in [-0.4, -0.2) is 35.2 Å². The Morgan fingerprint density at radius 1 is 1.64 bits per heavy atom. The van der Waals surface area contributed by atoms with Crippen LogP contribution in [0.25, 0.3) is 0 Å². The fraction of sp³-hybridized carbons (Fsp3) is 0.857. The zero-order valence-corrected chi connectivity index (χ0v) is 6.29.